The molecule has 0 unspecified atom stereocenters. The van der Waals surface area contributed by atoms with Crippen LogP contribution in [0.4, 0.5) is 10.2 Å². The van der Waals surface area contributed by atoms with Crippen molar-refractivity contribution < 1.29 is 4.39 Å². The van der Waals surface area contributed by atoms with Crippen molar-refractivity contribution in [1.82, 2.24) is 15.2 Å². The minimum atomic E-state index is -0.298. The lowest BCUT2D eigenvalue weighted by atomic mass is 10.3. The molecular weight excluding hydrogens is 207 g/mol. The lowest BCUT2D eigenvalue weighted by Gasteiger charge is -2.27. The van der Waals surface area contributed by atoms with Gasteiger partial charge in [0.1, 0.15) is 11.6 Å². The Bertz CT molecular complexity index is 308. The first-order valence-corrected chi connectivity index (χ1v) is 5.63. The average molecular weight is 224 g/mol. The van der Waals surface area contributed by atoms with Gasteiger partial charge in [-0.3, -0.25) is 4.90 Å². The number of rotatable bonds is 4. The Kier molecular flexibility index (Phi) is 4.07. The van der Waals surface area contributed by atoms with E-state index < -0.39 is 0 Å². The van der Waals surface area contributed by atoms with E-state index in [4.69, 9.17) is 0 Å². The van der Waals surface area contributed by atoms with Gasteiger partial charge in [0, 0.05) is 39.3 Å². The van der Waals surface area contributed by atoms with Crippen molar-refractivity contribution in [3.05, 3.63) is 24.1 Å². The normalized spacial score (nSPS) is 17.3. The first-order valence-electron chi connectivity index (χ1n) is 5.63. The van der Waals surface area contributed by atoms with E-state index in [0.29, 0.717) is 0 Å². The van der Waals surface area contributed by atoms with E-state index in [2.05, 4.69) is 20.5 Å². The number of aromatic nitrogens is 1. The first kappa shape index (κ1) is 11.3. The van der Waals surface area contributed by atoms with Crippen LogP contribution in [0.5, 0.6) is 0 Å². The maximum absolute atomic E-state index is 12.6. The van der Waals surface area contributed by atoms with Crippen molar-refractivity contribution in [2.24, 2.45) is 0 Å². The van der Waals surface area contributed by atoms with E-state index in [1.54, 1.807) is 6.07 Å². The van der Waals surface area contributed by atoms with Gasteiger partial charge in [0.25, 0.3) is 0 Å². The van der Waals surface area contributed by atoms with Crippen molar-refractivity contribution in [2.75, 3.05) is 44.6 Å². The summed E-state index contributed by atoms with van der Waals surface area (Å²) in [4.78, 5) is 6.34. The molecule has 16 heavy (non-hydrogen) atoms. The summed E-state index contributed by atoms with van der Waals surface area (Å²) in [5.74, 6) is 0.434. The molecular formula is C11H17FN4. The minimum absolute atomic E-state index is 0.298. The molecule has 2 heterocycles. The maximum atomic E-state index is 12.6. The number of anilines is 1. The first-order chi connectivity index (χ1) is 7.84. The van der Waals surface area contributed by atoms with Crippen LogP contribution in [0.15, 0.2) is 18.3 Å². The zero-order valence-electron chi connectivity index (χ0n) is 9.25. The van der Waals surface area contributed by atoms with Crippen LogP contribution in [0.3, 0.4) is 0 Å². The zero-order chi connectivity index (χ0) is 11.2. The van der Waals surface area contributed by atoms with Gasteiger partial charge in [-0.1, -0.05) is 0 Å². The highest BCUT2D eigenvalue weighted by Gasteiger charge is 2.08. The third kappa shape index (κ3) is 3.43. The van der Waals surface area contributed by atoms with E-state index >= 15 is 0 Å². The van der Waals surface area contributed by atoms with Gasteiger partial charge >= 0.3 is 0 Å². The van der Waals surface area contributed by atoms with Crippen LogP contribution in [0.1, 0.15) is 0 Å². The molecule has 4 nitrogen and oxygen atoms in total. The molecule has 1 fully saturated rings. The Morgan fingerprint density at radius 3 is 2.88 bits per heavy atom. The van der Waals surface area contributed by atoms with Gasteiger partial charge in [0.05, 0.1) is 6.20 Å². The predicted octanol–water partition coefficient (Wildman–Crippen LogP) is 0.538. The van der Waals surface area contributed by atoms with Crippen LogP contribution < -0.4 is 10.6 Å². The summed E-state index contributed by atoms with van der Waals surface area (Å²) in [5.41, 5.74) is 0. The second-order valence-electron chi connectivity index (χ2n) is 3.88. The van der Waals surface area contributed by atoms with Crippen molar-refractivity contribution in [1.29, 1.82) is 0 Å². The average Bonchev–Trinajstić information content (AvgIpc) is 2.33. The molecule has 5 heteroatoms. The second kappa shape index (κ2) is 5.77. The zero-order valence-corrected chi connectivity index (χ0v) is 9.25. The lowest BCUT2D eigenvalue weighted by molar-refractivity contribution is 0.249. The largest absolute Gasteiger partial charge is 0.369 e. The van der Waals surface area contributed by atoms with Crippen LogP contribution in [0.2, 0.25) is 0 Å². The number of hydrogen-bond acceptors (Lipinski definition) is 4. The summed E-state index contributed by atoms with van der Waals surface area (Å²) in [6.07, 6.45) is 1.23. The van der Waals surface area contributed by atoms with E-state index in [1.807, 2.05) is 0 Å². The molecule has 0 radical (unpaired) electrons. The molecule has 1 aliphatic rings. The van der Waals surface area contributed by atoms with E-state index in [1.165, 1.54) is 12.3 Å². The Morgan fingerprint density at radius 1 is 1.38 bits per heavy atom. The molecule has 2 rings (SSSR count). The number of piperazine rings is 1. The highest BCUT2D eigenvalue weighted by atomic mass is 19.1. The molecule has 0 atom stereocenters. The molecule has 2 N–H and O–H groups in total. The number of nitrogens with zero attached hydrogens (tertiary/aromatic N) is 2. The number of hydrogen-bond donors (Lipinski definition) is 2. The highest BCUT2D eigenvalue weighted by Crippen LogP contribution is 2.02. The molecule has 0 amide bonds. The van der Waals surface area contributed by atoms with Crippen molar-refractivity contribution >= 4 is 5.82 Å². The Hall–Kier alpha value is -1.20. The molecule has 1 aliphatic heterocycles. The summed E-state index contributed by atoms with van der Waals surface area (Å²) in [7, 11) is 0. The Labute approximate surface area is 94.9 Å². The van der Waals surface area contributed by atoms with Crippen LogP contribution in [0, 0.1) is 5.82 Å². The summed E-state index contributed by atoms with van der Waals surface area (Å²) >= 11 is 0. The highest BCUT2D eigenvalue weighted by molar-refractivity contribution is 5.33. The molecule has 0 aromatic carbocycles. The summed E-state index contributed by atoms with van der Waals surface area (Å²) < 4.78 is 12.6. The lowest BCUT2D eigenvalue weighted by Crippen LogP contribution is -2.45. The van der Waals surface area contributed by atoms with E-state index in [0.717, 1.165) is 45.1 Å². The van der Waals surface area contributed by atoms with Crippen LogP contribution in [0.25, 0.3) is 0 Å². The molecule has 1 saturated heterocycles. The third-order valence-corrected chi connectivity index (χ3v) is 2.67. The topological polar surface area (TPSA) is 40.2 Å². The molecule has 88 valence electrons. The van der Waals surface area contributed by atoms with Gasteiger partial charge in [-0.15, -0.1) is 0 Å². The third-order valence-electron chi connectivity index (χ3n) is 2.67. The predicted molar refractivity (Wildman–Crippen MR) is 62.0 cm³/mol. The molecule has 0 saturated carbocycles. The molecule has 0 aliphatic carbocycles. The Balaban J connectivity index is 1.69. The van der Waals surface area contributed by atoms with Gasteiger partial charge in [-0.2, -0.15) is 0 Å². The van der Waals surface area contributed by atoms with Crippen LogP contribution in [-0.4, -0.2) is 49.2 Å². The van der Waals surface area contributed by atoms with E-state index in [9.17, 15) is 4.39 Å². The van der Waals surface area contributed by atoms with Crippen LogP contribution in [-0.2, 0) is 0 Å². The smallest absolute Gasteiger partial charge is 0.141 e. The quantitative estimate of drug-likeness (QED) is 0.783. The monoisotopic (exact) mass is 224 g/mol. The molecule has 1 aromatic rings. The van der Waals surface area contributed by atoms with Gasteiger partial charge in [0.2, 0.25) is 0 Å². The maximum Gasteiger partial charge on any atom is 0.141 e. The summed E-state index contributed by atoms with van der Waals surface area (Å²) in [6, 6.07) is 3.08. The van der Waals surface area contributed by atoms with Gasteiger partial charge < -0.3 is 10.6 Å². The molecule has 1 aromatic heterocycles. The summed E-state index contributed by atoms with van der Waals surface area (Å²) in [6.45, 7) is 6.17. The fourth-order valence-corrected chi connectivity index (χ4v) is 1.76. The van der Waals surface area contributed by atoms with Crippen molar-refractivity contribution in [2.45, 2.75) is 0 Å². The Morgan fingerprint density at radius 2 is 2.19 bits per heavy atom. The molecule has 0 spiro atoms. The fraction of sp³-hybridized carbons (Fsp3) is 0.545. The standard InChI is InChI=1S/C11H17FN4/c12-10-1-2-11(15-9-10)14-5-8-16-6-3-13-4-7-16/h1-2,9,13H,3-8H2,(H,14,15). The van der Waals surface area contributed by atoms with Crippen LogP contribution >= 0.6 is 0 Å². The van der Waals surface area contributed by atoms with Gasteiger partial charge in [-0.25, -0.2) is 9.37 Å². The van der Waals surface area contributed by atoms with Crippen molar-refractivity contribution in [3.8, 4) is 0 Å². The van der Waals surface area contributed by atoms with E-state index in [-0.39, 0.29) is 5.82 Å². The SMILES string of the molecule is Fc1ccc(NCCN2CCNCC2)nc1. The fourth-order valence-electron chi connectivity index (χ4n) is 1.76. The number of halogens is 1. The molecule has 0 bridgehead atoms. The van der Waals surface area contributed by atoms with Gasteiger partial charge in [0.15, 0.2) is 0 Å². The minimum Gasteiger partial charge on any atom is -0.369 e. The summed E-state index contributed by atoms with van der Waals surface area (Å²) in [5, 5.41) is 6.49. The van der Waals surface area contributed by atoms with Gasteiger partial charge in [-0.05, 0) is 12.1 Å². The second-order valence-corrected chi connectivity index (χ2v) is 3.88. The number of nitrogens with one attached hydrogen (secondary N) is 2. The number of pyridine rings is 1. The van der Waals surface area contributed by atoms with Crippen molar-refractivity contribution in [3.63, 3.8) is 0 Å².